The lowest BCUT2D eigenvalue weighted by molar-refractivity contribution is 0.193. The Balaban J connectivity index is 1.12. The summed E-state index contributed by atoms with van der Waals surface area (Å²) < 4.78 is 4.27. The van der Waals surface area contributed by atoms with Gasteiger partial charge in [0.2, 0.25) is 0 Å². The normalized spacial score (nSPS) is 31.3. The van der Waals surface area contributed by atoms with Gasteiger partial charge in [-0.25, -0.2) is 9.67 Å². The Morgan fingerprint density at radius 3 is 2.56 bits per heavy atom. The van der Waals surface area contributed by atoms with Gasteiger partial charge in [0.05, 0.1) is 0 Å². The average Bonchev–Trinajstić information content (AvgIpc) is 3.39. The number of piperidine rings is 2. The predicted octanol–water partition coefficient (Wildman–Crippen LogP) is 0.898. The first-order valence-electron chi connectivity index (χ1n) is 10.6. The maximum absolute atomic E-state index is 4.65. The molecule has 3 atom stereocenters. The zero-order chi connectivity index (χ0) is 17.8. The number of fused-ring (bicyclic) bond motifs is 1. The summed E-state index contributed by atoms with van der Waals surface area (Å²) in [5.74, 6) is 5.73. The molecule has 6 rings (SSSR count). The lowest BCUT2D eigenvalue weighted by Gasteiger charge is -2.32. The van der Waals surface area contributed by atoms with E-state index in [2.05, 4.69) is 35.1 Å². The van der Waals surface area contributed by atoms with Crippen molar-refractivity contribution in [3.63, 3.8) is 0 Å². The Kier molecular flexibility index (Phi) is 3.82. The van der Waals surface area contributed by atoms with Gasteiger partial charge in [-0.05, 0) is 69.6 Å². The molecular formula is C19H28N8. The smallest absolute Gasteiger partial charge is 0.155 e. The highest BCUT2D eigenvalue weighted by Gasteiger charge is 2.53. The lowest BCUT2D eigenvalue weighted by Crippen LogP contribution is -2.36. The molecule has 8 heteroatoms. The predicted molar refractivity (Wildman–Crippen MR) is 99.2 cm³/mol. The molecule has 2 saturated heterocycles. The number of nitrogens with one attached hydrogen (secondary N) is 1. The van der Waals surface area contributed by atoms with E-state index >= 15 is 0 Å². The van der Waals surface area contributed by atoms with Crippen molar-refractivity contribution < 1.29 is 0 Å². The van der Waals surface area contributed by atoms with Crippen molar-refractivity contribution in [2.24, 2.45) is 17.8 Å². The van der Waals surface area contributed by atoms with Gasteiger partial charge in [0, 0.05) is 18.5 Å². The van der Waals surface area contributed by atoms with Gasteiger partial charge in [-0.2, -0.15) is 5.10 Å². The van der Waals surface area contributed by atoms with E-state index in [1.165, 1.54) is 64.2 Å². The molecule has 27 heavy (non-hydrogen) atoms. The summed E-state index contributed by atoms with van der Waals surface area (Å²) in [6.07, 6.45) is 8.29. The van der Waals surface area contributed by atoms with Crippen LogP contribution in [0.15, 0.2) is 12.7 Å². The molecule has 1 N–H and O–H groups in total. The molecule has 0 amide bonds. The topological polar surface area (TPSA) is 76.7 Å². The van der Waals surface area contributed by atoms with Crippen LogP contribution in [-0.2, 0) is 6.54 Å². The number of hydrogen-bond acceptors (Lipinski definition) is 6. The molecule has 0 spiro atoms. The molecule has 0 aromatic carbocycles. The number of aromatic nitrogens is 6. The number of hydrogen-bond donors (Lipinski definition) is 1. The van der Waals surface area contributed by atoms with E-state index in [1.807, 2.05) is 4.68 Å². The van der Waals surface area contributed by atoms with Gasteiger partial charge < -0.3 is 14.8 Å². The van der Waals surface area contributed by atoms with Crippen LogP contribution in [0.25, 0.3) is 0 Å². The first-order chi connectivity index (χ1) is 13.4. The quantitative estimate of drug-likeness (QED) is 0.816. The summed E-state index contributed by atoms with van der Waals surface area (Å²) in [5, 5.41) is 16.9. The fourth-order valence-electron chi connectivity index (χ4n) is 5.40. The summed E-state index contributed by atoms with van der Waals surface area (Å²) in [4.78, 5) is 6.75. The summed E-state index contributed by atoms with van der Waals surface area (Å²) in [7, 11) is 0. The molecule has 8 nitrogen and oxygen atoms in total. The van der Waals surface area contributed by atoms with Crippen LogP contribution in [-0.4, -0.2) is 67.2 Å². The van der Waals surface area contributed by atoms with Crippen molar-refractivity contribution in [1.29, 1.82) is 0 Å². The summed E-state index contributed by atoms with van der Waals surface area (Å²) in [6.45, 7) is 6.92. The minimum atomic E-state index is 0.555. The molecule has 1 unspecified atom stereocenters. The second kappa shape index (κ2) is 6.38. The Morgan fingerprint density at radius 1 is 1.04 bits per heavy atom. The molecule has 2 saturated carbocycles. The van der Waals surface area contributed by atoms with Crippen LogP contribution in [0.5, 0.6) is 0 Å². The standard InChI is InChI=1S/C19H28N8/c1-2-14(1)27-18(10-26-12-21-11-22-26)23-24-19(27)13-3-5-25(6-4-13)9-17-15-7-20-8-16(15)17/h11-17,20H,1-10H2/t15-,16+,17?. The van der Waals surface area contributed by atoms with Gasteiger partial charge in [-0.3, -0.25) is 0 Å². The first kappa shape index (κ1) is 16.2. The Labute approximate surface area is 159 Å². The van der Waals surface area contributed by atoms with Gasteiger partial charge in [-0.15, -0.1) is 10.2 Å². The van der Waals surface area contributed by atoms with E-state index < -0.39 is 0 Å². The maximum Gasteiger partial charge on any atom is 0.155 e. The van der Waals surface area contributed by atoms with Crippen LogP contribution >= 0.6 is 0 Å². The minimum absolute atomic E-state index is 0.555. The van der Waals surface area contributed by atoms with E-state index in [-0.39, 0.29) is 0 Å². The molecule has 2 aliphatic heterocycles. The van der Waals surface area contributed by atoms with Crippen LogP contribution < -0.4 is 5.32 Å². The molecular weight excluding hydrogens is 340 g/mol. The monoisotopic (exact) mass is 368 g/mol. The summed E-state index contributed by atoms with van der Waals surface area (Å²) >= 11 is 0. The Morgan fingerprint density at radius 2 is 1.85 bits per heavy atom. The third-order valence-electron chi connectivity index (χ3n) is 7.17. The molecule has 4 heterocycles. The number of likely N-dealkylation sites (tertiary alicyclic amines) is 1. The zero-order valence-electron chi connectivity index (χ0n) is 15.7. The van der Waals surface area contributed by atoms with Gasteiger partial charge in [0.25, 0.3) is 0 Å². The highest BCUT2D eigenvalue weighted by molar-refractivity contribution is 5.10. The van der Waals surface area contributed by atoms with Crippen molar-refractivity contribution in [2.45, 2.75) is 44.2 Å². The fraction of sp³-hybridized carbons (Fsp3) is 0.789. The van der Waals surface area contributed by atoms with Gasteiger partial charge >= 0.3 is 0 Å². The van der Waals surface area contributed by atoms with Crippen LogP contribution in [0, 0.1) is 17.8 Å². The molecule has 2 aromatic rings. The van der Waals surface area contributed by atoms with Gasteiger partial charge in [0.1, 0.15) is 25.0 Å². The van der Waals surface area contributed by atoms with Crippen LogP contribution in [0.2, 0.25) is 0 Å². The minimum Gasteiger partial charge on any atom is -0.316 e. The van der Waals surface area contributed by atoms with Crippen molar-refractivity contribution in [2.75, 3.05) is 32.7 Å². The Bertz CT molecular complexity index is 777. The second-order valence-electron chi connectivity index (χ2n) is 8.89. The third kappa shape index (κ3) is 2.99. The average molecular weight is 368 g/mol. The lowest BCUT2D eigenvalue weighted by atomic mass is 9.95. The van der Waals surface area contributed by atoms with E-state index in [0.29, 0.717) is 18.5 Å². The number of rotatable bonds is 6. The first-order valence-corrected chi connectivity index (χ1v) is 10.6. The van der Waals surface area contributed by atoms with Crippen LogP contribution in [0.4, 0.5) is 0 Å². The Hall–Kier alpha value is -1.80. The summed E-state index contributed by atoms with van der Waals surface area (Å²) in [6, 6.07) is 0.602. The zero-order valence-corrected chi connectivity index (χ0v) is 15.7. The van der Waals surface area contributed by atoms with E-state index in [9.17, 15) is 0 Å². The van der Waals surface area contributed by atoms with E-state index in [1.54, 1.807) is 12.7 Å². The summed E-state index contributed by atoms with van der Waals surface area (Å²) in [5.41, 5.74) is 0. The van der Waals surface area contributed by atoms with E-state index in [4.69, 9.17) is 0 Å². The van der Waals surface area contributed by atoms with Gasteiger partial charge in [0.15, 0.2) is 5.82 Å². The second-order valence-corrected chi connectivity index (χ2v) is 8.89. The van der Waals surface area contributed by atoms with Crippen molar-refractivity contribution in [3.8, 4) is 0 Å². The molecule has 2 aromatic heterocycles. The molecule has 4 aliphatic rings. The maximum atomic E-state index is 4.65. The molecule has 0 bridgehead atoms. The van der Waals surface area contributed by atoms with Crippen LogP contribution in [0.3, 0.4) is 0 Å². The molecule has 4 fully saturated rings. The highest BCUT2D eigenvalue weighted by atomic mass is 15.4. The number of nitrogens with zero attached hydrogens (tertiary/aromatic N) is 7. The van der Waals surface area contributed by atoms with Crippen molar-refractivity contribution in [3.05, 3.63) is 24.3 Å². The molecule has 0 radical (unpaired) electrons. The van der Waals surface area contributed by atoms with E-state index in [0.717, 1.165) is 23.6 Å². The third-order valence-corrected chi connectivity index (χ3v) is 7.17. The van der Waals surface area contributed by atoms with Crippen molar-refractivity contribution in [1.82, 2.24) is 39.7 Å². The highest BCUT2D eigenvalue weighted by Crippen LogP contribution is 2.49. The fourth-order valence-corrected chi connectivity index (χ4v) is 5.40. The van der Waals surface area contributed by atoms with Crippen molar-refractivity contribution >= 4 is 0 Å². The van der Waals surface area contributed by atoms with Crippen LogP contribution in [0.1, 0.15) is 49.3 Å². The molecule has 144 valence electrons. The largest absolute Gasteiger partial charge is 0.316 e. The SMILES string of the molecule is c1ncn(Cc2nnc(C3CCN(CC4[C@H]5CNC[C@@H]45)CC3)n2C2CC2)n1. The molecule has 2 aliphatic carbocycles. The van der Waals surface area contributed by atoms with Gasteiger partial charge in [-0.1, -0.05) is 0 Å².